The van der Waals surface area contributed by atoms with Crippen molar-refractivity contribution in [3.8, 4) is 5.75 Å². The summed E-state index contributed by atoms with van der Waals surface area (Å²) in [4.78, 5) is 42.5. The lowest BCUT2D eigenvalue weighted by Crippen LogP contribution is -2.58. The molecule has 1 fully saturated rings. The quantitative estimate of drug-likeness (QED) is 0.416. The second-order valence-corrected chi connectivity index (χ2v) is 11.4. The number of nitrogens with one attached hydrogen (secondary N) is 2. The summed E-state index contributed by atoms with van der Waals surface area (Å²) in [6, 6.07) is 10.4. The minimum absolute atomic E-state index is 0.0317. The minimum Gasteiger partial charge on any atom is -0.507 e. The smallest absolute Gasteiger partial charge is 0.408 e. The van der Waals surface area contributed by atoms with E-state index < -0.39 is 29.7 Å². The standard InChI is InChI=1S/C30H41N3O5/c1-18(2)24(32-29(37)38-30(5,6)7)28(36)33(21-14-11-15-21)25(22-16-10-13-20(4)26(22)34)27(35)31-23-17-9-8-12-19(23)3/h8-10,12-13,16-18,21,24-25,34H,11,14-15H2,1-7H3,(H,31,35)(H,32,37). The molecule has 2 atom stereocenters. The summed E-state index contributed by atoms with van der Waals surface area (Å²) in [6.07, 6.45) is 1.68. The molecule has 0 aromatic heterocycles. The molecule has 0 radical (unpaired) electrons. The van der Waals surface area contributed by atoms with Gasteiger partial charge in [-0.1, -0.05) is 50.2 Å². The summed E-state index contributed by atoms with van der Waals surface area (Å²) in [5.41, 5.74) is 1.72. The van der Waals surface area contributed by atoms with Crippen molar-refractivity contribution in [2.45, 2.75) is 91.5 Å². The SMILES string of the molecule is Cc1ccccc1NC(=O)C(c1cccc(C)c1O)N(C(=O)C(NC(=O)OC(C)(C)C)C(C)C)C1CCC1. The largest absolute Gasteiger partial charge is 0.507 e. The van der Waals surface area contributed by atoms with Crippen molar-refractivity contribution in [1.29, 1.82) is 0 Å². The molecule has 0 aliphatic heterocycles. The van der Waals surface area contributed by atoms with Gasteiger partial charge in [0, 0.05) is 17.3 Å². The second-order valence-electron chi connectivity index (χ2n) is 11.4. The molecule has 3 N–H and O–H groups in total. The maximum atomic E-state index is 14.2. The summed E-state index contributed by atoms with van der Waals surface area (Å²) < 4.78 is 5.43. The Morgan fingerprint density at radius 3 is 2.18 bits per heavy atom. The first-order valence-electron chi connectivity index (χ1n) is 13.3. The van der Waals surface area contributed by atoms with Crippen molar-refractivity contribution in [2.24, 2.45) is 5.92 Å². The van der Waals surface area contributed by atoms with Crippen molar-refractivity contribution < 1.29 is 24.2 Å². The highest BCUT2D eigenvalue weighted by Crippen LogP contribution is 2.38. The summed E-state index contributed by atoms with van der Waals surface area (Å²) >= 11 is 0. The summed E-state index contributed by atoms with van der Waals surface area (Å²) in [5.74, 6) is -1.12. The van der Waals surface area contributed by atoms with E-state index in [9.17, 15) is 19.5 Å². The lowest BCUT2D eigenvalue weighted by Gasteiger charge is -2.44. The van der Waals surface area contributed by atoms with E-state index in [4.69, 9.17) is 4.74 Å². The van der Waals surface area contributed by atoms with E-state index >= 15 is 0 Å². The van der Waals surface area contributed by atoms with Gasteiger partial charge in [-0.15, -0.1) is 0 Å². The molecule has 38 heavy (non-hydrogen) atoms. The zero-order valence-electron chi connectivity index (χ0n) is 23.5. The molecule has 1 saturated carbocycles. The highest BCUT2D eigenvalue weighted by Gasteiger charge is 2.43. The number of amides is 3. The number of benzene rings is 2. The molecular formula is C30H41N3O5. The molecule has 0 heterocycles. The molecule has 8 heteroatoms. The van der Waals surface area contributed by atoms with Gasteiger partial charge < -0.3 is 25.4 Å². The lowest BCUT2D eigenvalue weighted by atomic mass is 9.86. The molecule has 0 spiro atoms. The van der Waals surface area contributed by atoms with Gasteiger partial charge in [-0.25, -0.2) is 4.79 Å². The van der Waals surface area contributed by atoms with Crippen LogP contribution in [0.2, 0.25) is 0 Å². The van der Waals surface area contributed by atoms with Gasteiger partial charge in [-0.05, 0) is 77.0 Å². The topological polar surface area (TPSA) is 108 Å². The van der Waals surface area contributed by atoms with Gasteiger partial charge in [0.2, 0.25) is 5.91 Å². The highest BCUT2D eigenvalue weighted by molar-refractivity contribution is 6.00. The fraction of sp³-hybridized carbons (Fsp3) is 0.500. The van der Waals surface area contributed by atoms with Gasteiger partial charge in [0.25, 0.3) is 5.91 Å². The van der Waals surface area contributed by atoms with E-state index in [1.54, 1.807) is 56.9 Å². The lowest BCUT2D eigenvalue weighted by molar-refractivity contribution is -0.146. The Bertz CT molecular complexity index is 1170. The maximum Gasteiger partial charge on any atom is 0.408 e. The third kappa shape index (κ3) is 6.85. The van der Waals surface area contributed by atoms with Crippen molar-refractivity contribution in [3.63, 3.8) is 0 Å². The van der Waals surface area contributed by atoms with E-state index in [0.717, 1.165) is 24.8 Å². The van der Waals surface area contributed by atoms with Crippen LogP contribution in [-0.4, -0.2) is 45.6 Å². The molecule has 1 aliphatic carbocycles. The van der Waals surface area contributed by atoms with Crippen LogP contribution in [0.3, 0.4) is 0 Å². The van der Waals surface area contributed by atoms with Crippen LogP contribution >= 0.6 is 0 Å². The predicted molar refractivity (Wildman–Crippen MR) is 148 cm³/mol. The third-order valence-corrected chi connectivity index (χ3v) is 6.82. The van der Waals surface area contributed by atoms with Crippen molar-refractivity contribution in [3.05, 3.63) is 59.2 Å². The normalized spacial score (nSPS) is 15.3. The van der Waals surface area contributed by atoms with Crippen molar-refractivity contribution >= 4 is 23.6 Å². The van der Waals surface area contributed by atoms with Crippen LogP contribution in [0.25, 0.3) is 0 Å². The Hall–Kier alpha value is -3.55. The minimum atomic E-state index is -1.10. The van der Waals surface area contributed by atoms with E-state index in [0.29, 0.717) is 16.8 Å². The first kappa shape index (κ1) is 29.0. The Morgan fingerprint density at radius 1 is 1.00 bits per heavy atom. The number of alkyl carbamates (subject to hydrolysis) is 1. The fourth-order valence-corrected chi connectivity index (χ4v) is 4.53. The number of aryl methyl sites for hydroxylation is 2. The fourth-order valence-electron chi connectivity index (χ4n) is 4.53. The van der Waals surface area contributed by atoms with Crippen LogP contribution in [-0.2, 0) is 14.3 Å². The number of anilines is 1. The van der Waals surface area contributed by atoms with Crippen LogP contribution in [0, 0.1) is 19.8 Å². The van der Waals surface area contributed by atoms with E-state index in [1.165, 1.54) is 0 Å². The van der Waals surface area contributed by atoms with E-state index in [2.05, 4.69) is 10.6 Å². The van der Waals surface area contributed by atoms with Crippen LogP contribution in [0.1, 0.15) is 76.6 Å². The van der Waals surface area contributed by atoms with Crippen molar-refractivity contribution in [1.82, 2.24) is 10.2 Å². The Balaban J connectivity index is 2.07. The molecule has 0 bridgehead atoms. The molecule has 3 rings (SSSR count). The third-order valence-electron chi connectivity index (χ3n) is 6.82. The molecule has 1 aliphatic rings. The zero-order chi connectivity index (χ0) is 28.2. The van der Waals surface area contributed by atoms with Gasteiger partial charge in [0.15, 0.2) is 0 Å². The monoisotopic (exact) mass is 523 g/mol. The van der Waals surface area contributed by atoms with Crippen LogP contribution < -0.4 is 10.6 Å². The number of phenols is 1. The number of carbonyl (C=O) groups excluding carboxylic acids is 3. The van der Waals surface area contributed by atoms with Gasteiger partial charge in [0.1, 0.15) is 23.4 Å². The Labute approximate surface area is 225 Å². The molecule has 3 amide bonds. The number of aromatic hydroxyl groups is 1. The van der Waals surface area contributed by atoms with Gasteiger partial charge >= 0.3 is 6.09 Å². The first-order valence-corrected chi connectivity index (χ1v) is 13.3. The average molecular weight is 524 g/mol. The van der Waals surface area contributed by atoms with Gasteiger partial charge in [-0.2, -0.15) is 0 Å². The average Bonchev–Trinajstić information content (AvgIpc) is 2.78. The molecule has 206 valence electrons. The second kappa shape index (κ2) is 11.9. The number of rotatable bonds is 8. The van der Waals surface area contributed by atoms with Crippen molar-refractivity contribution in [2.75, 3.05) is 5.32 Å². The number of hydrogen-bond donors (Lipinski definition) is 3. The number of carbonyl (C=O) groups is 3. The van der Waals surface area contributed by atoms with E-state index in [-0.39, 0.29) is 23.6 Å². The van der Waals surface area contributed by atoms with Crippen LogP contribution in [0.15, 0.2) is 42.5 Å². The Morgan fingerprint density at radius 2 is 1.63 bits per heavy atom. The van der Waals surface area contributed by atoms with Crippen LogP contribution in [0.4, 0.5) is 10.5 Å². The number of nitrogens with zero attached hydrogens (tertiary/aromatic N) is 1. The number of ether oxygens (including phenoxy) is 1. The van der Waals surface area contributed by atoms with Crippen LogP contribution in [0.5, 0.6) is 5.75 Å². The molecule has 2 unspecified atom stereocenters. The highest BCUT2D eigenvalue weighted by atomic mass is 16.6. The summed E-state index contributed by atoms with van der Waals surface area (Å²) in [5, 5.41) is 16.8. The first-order chi connectivity index (χ1) is 17.8. The molecule has 2 aromatic carbocycles. The zero-order valence-corrected chi connectivity index (χ0v) is 23.5. The van der Waals surface area contributed by atoms with E-state index in [1.807, 2.05) is 39.0 Å². The Kier molecular flexibility index (Phi) is 9.07. The number of para-hydroxylation sites is 2. The maximum absolute atomic E-state index is 14.2. The summed E-state index contributed by atoms with van der Waals surface area (Å²) in [7, 11) is 0. The number of hydrogen-bond acceptors (Lipinski definition) is 5. The van der Waals surface area contributed by atoms with Gasteiger partial charge in [-0.3, -0.25) is 9.59 Å². The molecule has 0 saturated heterocycles. The summed E-state index contributed by atoms with van der Waals surface area (Å²) in [6.45, 7) is 12.6. The number of phenolic OH excluding ortho intramolecular Hbond substituents is 1. The van der Waals surface area contributed by atoms with Gasteiger partial charge in [0.05, 0.1) is 0 Å². The molecule has 8 nitrogen and oxygen atoms in total. The molecular weight excluding hydrogens is 482 g/mol. The predicted octanol–water partition coefficient (Wildman–Crippen LogP) is 5.62. The molecule has 2 aromatic rings.